The summed E-state index contributed by atoms with van der Waals surface area (Å²) < 4.78 is 33.6. The maximum Gasteiger partial charge on any atom is 0.243 e. The summed E-state index contributed by atoms with van der Waals surface area (Å²) >= 11 is 12.0. The average molecular weight is 609 g/mol. The van der Waals surface area contributed by atoms with Crippen LogP contribution < -0.4 is 5.32 Å². The predicted octanol–water partition coefficient (Wildman–Crippen LogP) is 5.53. The molecule has 2 heterocycles. The van der Waals surface area contributed by atoms with E-state index >= 15 is 0 Å². The fourth-order valence-electron chi connectivity index (χ4n) is 6.64. The lowest BCUT2D eigenvalue weighted by atomic mass is 9.76. The monoisotopic (exact) mass is 607 g/mol. The largest absolute Gasteiger partial charge is 0.379 e. The Kier molecular flexibility index (Phi) is 10.1. The van der Waals surface area contributed by atoms with Crippen molar-refractivity contribution in [3.05, 3.63) is 64.1 Å². The van der Waals surface area contributed by atoms with Crippen LogP contribution in [0.5, 0.6) is 0 Å². The van der Waals surface area contributed by atoms with Crippen molar-refractivity contribution in [2.24, 2.45) is 11.8 Å². The number of carbonyl (C=O) groups excluding carboxylic acids is 1. The summed E-state index contributed by atoms with van der Waals surface area (Å²) in [6.45, 7) is 4.56. The second-order valence-electron chi connectivity index (χ2n) is 11.3. The van der Waals surface area contributed by atoms with E-state index < -0.39 is 10.0 Å². The molecule has 40 heavy (non-hydrogen) atoms. The van der Waals surface area contributed by atoms with Crippen LogP contribution in [0.4, 0.5) is 0 Å². The highest BCUT2D eigenvalue weighted by Crippen LogP contribution is 2.40. The van der Waals surface area contributed by atoms with Gasteiger partial charge in [-0.2, -0.15) is 4.31 Å². The normalized spacial score (nSPS) is 25.5. The third-order valence-electron chi connectivity index (χ3n) is 8.75. The van der Waals surface area contributed by atoms with Crippen LogP contribution in [0, 0.1) is 11.8 Å². The number of nitrogens with one attached hydrogen (secondary N) is 1. The molecule has 2 unspecified atom stereocenters. The number of morpholine rings is 1. The fraction of sp³-hybridized carbons (Fsp3) is 0.567. The van der Waals surface area contributed by atoms with Crippen LogP contribution >= 0.6 is 23.2 Å². The third-order valence-corrected chi connectivity index (χ3v) is 11.4. The van der Waals surface area contributed by atoms with E-state index in [9.17, 15) is 13.2 Å². The Morgan fingerprint density at radius 2 is 1.68 bits per heavy atom. The van der Waals surface area contributed by atoms with Crippen molar-refractivity contribution in [2.75, 3.05) is 39.4 Å². The number of carbonyl (C=O) groups is 1. The van der Waals surface area contributed by atoms with Crippen molar-refractivity contribution in [3.63, 3.8) is 0 Å². The number of hydrogen-bond donors (Lipinski definition) is 1. The van der Waals surface area contributed by atoms with Crippen LogP contribution in [0.25, 0.3) is 0 Å². The van der Waals surface area contributed by atoms with Gasteiger partial charge in [-0.05, 0) is 74.1 Å². The minimum absolute atomic E-state index is 0.0844. The van der Waals surface area contributed by atoms with Gasteiger partial charge in [-0.3, -0.25) is 9.69 Å². The molecule has 1 saturated carbocycles. The molecule has 2 aromatic carbocycles. The SMILES string of the molecule is O=C(CC1CCCN1S(=O)(=O)c1ccc(Cl)c(Cl)c1)NCC1CCC(C(c2ccccc2)N2CCOCC2)CC1. The maximum absolute atomic E-state index is 13.3. The molecular formula is C30H39Cl2N3O4S. The van der Waals surface area contributed by atoms with E-state index in [4.69, 9.17) is 27.9 Å². The van der Waals surface area contributed by atoms with E-state index in [1.807, 2.05) is 0 Å². The van der Waals surface area contributed by atoms with Gasteiger partial charge < -0.3 is 10.1 Å². The second-order valence-corrected chi connectivity index (χ2v) is 14.0. The Bertz CT molecular complexity index is 1250. The quantitative estimate of drug-likeness (QED) is 0.405. The molecule has 3 fully saturated rings. The number of ether oxygens (including phenoxy) is 1. The highest BCUT2D eigenvalue weighted by atomic mass is 35.5. The molecule has 1 amide bonds. The Labute approximate surface area is 248 Å². The first-order chi connectivity index (χ1) is 19.3. The predicted molar refractivity (Wildman–Crippen MR) is 158 cm³/mol. The molecule has 0 spiro atoms. The molecule has 218 valence electrons. The smallest absolute Gasteiger partial charge is 0.243 e. The van der Waals surface area contributed by atoms with Crippen LogP contribution in [0.3, 0.4) is 0 Å². The molecule has 0 bridgehead atoms. The van der Waals surface area contributed by atoms with Gasteiger partial charge in [-0.15, -0.1) is 0 Å². The average Bonchev–Trinajstić information content (AvgIpc) is 3.44. The molecule has 2 atom stereocenters. The van der Waals surface area contributed by atoms with Gasteiger partial charge in [0, 0.05) is 44.7 Å². The molecule has 2 aromatic rings. The van der Waals surface area contributed by atoms with Crippen LogP contribution in [0.2, 0.25) is 10.0 Å². The number of amides is 1. The van der Waals surface area contributed by atoms with E-state index in [0.29, 0.717) is 42.4 Å². The molecular weight excluding hydrogens is 569 g/mol. The first-order valence-corrected chi connectivity index (χ1v) is 16.6. The van der Waals surface area contributed by atoms with E-state index in [-0.39, 0.29) is 28.3 Å². The number of rotatable bonds is 9. The summed E-state index contributed by atoms with van der Waals surface area (Å²) in [7, 11) is -3.76. The van der Waals surface area contributed by atoms with Crippen molar-refractivity contribution in [3.8, 4) is 0 Å². The Morgan fingerprint density at radius 1 is 0.950 bits per heavy atom. The highest BCUT2D eigenvalue weighted by molar-refractivity contribution is 7.89. The van der Waals surface area contributed by atoms with Gasteiger partial charge >= 0.3 is 0 Å². The van der Waals surface area contributed by atoms with Gasteiger partial charge in [-0.1, -0.05) is 53.5 Å². The van der Waals surface area contributed by atoms with Crippen LogP contribution in [-0.2, 0) is 19.6 Å². The van der Waals surface area contributed by atoms with Gasteiger partial charge in [0.2, 0.25) is 15.9 Å². The third kappa shape index (κ3) is 7.02. The summed E-state index contributed by atoms with van der Waals surface area (Å²) in [5.74, 6) is 0.950. The van der Waals surface area contributed by atoms with Crippen LogP contribution in [0.1, 0.15) is 56.6 Å². The molecule has 2 saturated heterocycles. The summed E-state index contributed by atoms with van der Waals surface area (Å²) in [4.78, 5) is 15.6. The van der Waals surface area contributed by atoms with Crippen molar-refractivity contribution >= 4 is 39.1 Å². The van der Waals surface area contributed by atoms with Crippen LogP contribution in [0.15, 0.2) is 53.4 Å². The topological polar surface area (TPSA) is 79.0 Å². The first-order valence-electron chi connectivity index (χ1n) is 14.4. The lowest BCUT2D eigenvalue weighted by Crippen LogP contribution is -2.43. The number of benzene rings is 2. The van der Waals surface area contributed by atoms with E-state index in [2.05, 4.69) is 40.5 Å². The van der Waals surface area contributed by atoms with Crippen LogP contribution in [-0.4, -0.2) is 69.0 Å². The Hall–Kier alpha value is -1.68. The van der Waals surface area contributed by atoms with E-state index in [1.165, 1.54) is 28.1 Å². The number of halogens is 2. The zero-order valence-electron chi connectivity index (χ0n) is 22.8. The van der Waals surface area contributed by atoms with E-state index in [1.54, 1.807) is 0 Å². The van der Waals surface area contributed by atoms with Gasteiger partial charge in [0.05, 0.1) is 28.2 Å². The molecule has 1 N–H and O–H groups in total. The Morgan fingerprint density at radius 3 is 2.38 bits per heavy atom. The Balaban J connectivity index is 1.13. The van der Waals surface area contributed by atoms with E-state index in [0.717, 1.165) is 58.4 Å². The summed E-state index contributed by atoms with van der Waals surface area (Å²) in [5.41, 5.74) is 1.39. The highest BCUT2D eigenvalue weighted by Gasteiger charge is 2.37. The standard InChI is InChI=1S/C30H39Cl2N3O4S/c31-27-13-12-26(20-28(27)32)40(37,38)35-14-4-7-25(35)19-29(36)33-21-22-8-10-24(11-9-22)30(23-5-2-1-3-6-23)34-15-17-39-18-16-34/h1-3,5-6,12-13,20,22,24-25,30H,4,7-11,14-19,21H2,(H,33,36). The molecule has 3 aliphatic rings. The van der Waals surface area contributed by atoms with Crippen molar-refractivity contribution in [2.45, 2.75) is 61.9 Å². The molecule has 7 nitrogen and oxygen atoms in total. The van der Waals surface area contributed by atoms with Crippen molar-refractivity contribution in [1.82, 2.24) is 14.5 Å². The number of nitrogens with zero attached hydrogens (tertiary/aromatic N) is 2. The van der Waals surface area contributed by atoms with Gasteiger partial charge in [0.15, 0.2) is 0 Å². The zero-order chi connectivity index (χ0) is 28.1. The number of sulfonamides is 1. The molecule has 0 aromatic heterocycles. The summed E-state index contributed by atoms with van der Waals surface area (Å²) in [6, 6.07) is 15.2. The zero-order valence-corrected chi connectivity index (χ0v) is 25.1. The van der Waals surface area contributed by atoms with Crippen molar-refractivity contribution < 1.29 is 17.9 Å². The lowest BCUT2D eigenvalue weighted by Gasteiger charge is -2.42. The fourth-order valence-corrected chi connectivity index (χ4v) is 8.72. The second kappa shape index (κ2) is 13.5. The first kappa shape index (κ1) is 29.8. The summed E-state index contributed by atoms with van der Waals surface area (Å²) in [6.07, 6.45) is 6.00. The minimum Gasteiger partial charge on any atom is -0.379 e. The van der Waals surface area contributed by atoms with Gasteiger partial charge in [0.1, 0.15) is 0 Å². The minimum atomic E-state index is -3.76. The molecule has 0 radical (unpaired) electrons. The van der Waals surface area contributed by atoms with Gasteiger partial charge in [0.25, 0.3) is 0 Å². The lowest BCUT2D eigenvalue weighted by molar-refractivity contribution is -0.122. The molecule has 10 heteroatoms. The number of hydrogen-bond acceptors (Lipinski definition) is 5. The maximum atomic E-state index is 13.3. The molecule has 5 rings (SSSR count). The molecule has 1 aliphatic carbocycles. The summed E-state index contributed by atoms with van der Waals surface area (Å²) in [5, 5.41) is 3.63. The van der Waals surface area contributed by atoms with Gasteiger partial charge in [-0.25, -0.2) is 8.42 Å². The molecule has 2 aliphatic heterocycles. The van der Waals surface area contributed by atoms with Crippen molar-refractivity contribution in [1.29, 1.82) is 0 Å².